The fourth-order valence-electron chi connectivity index (χ4n) is 3.45. The van der Waals surface area contributed by atoms with Crippen molar-refractivity contribution in [1.29, 1.82) is 0 Å². The number of ether oxygens (including phenoxy) is 1. The smallest absolute Gasteiger partial charge is 0.312 e. The van der Waals surface area contributed by atoms with Crippen molar-refractivity contribution in [3.05, 3.63) is 35.1 Å². The monoisotopic (exact) mass is 307 g/mol. The maximum absolute atomic E-state index is 13.8. The number of likely N-dealkylation sites (N-methyl/N-ethyl adjacent to an activating group) is 1. The van der Waals surface area contributed by atoms with E-state index in [1.54, 1.807) is 19.2 Å². The van der Waals surface area contributed by atoms with E-state index in [2.05, 4.69) is 0 Å². The summed E-state index contributed by atoms with van der Waals surface area (Å²) in [5, 5.41) is 9.19. The largest absolute Gasteiger partial charge is 0.481 e. The maximum Gasteiger partial charge on any atom is 0.312 e. The van der Waals surface area contributed by atoms with Crippen molar-refractivity contribution in [2.45, 2.75) is 31.9 Å². The molecule has 1 aliphatic carbocycles. The maximum atomic E-state index is 13.8. The van der Waals surface area contributed by atoms with Crippen LogP contribution in [0.4, 0.5) is 4.39 Å². The second-order valence-corrected chi connectivity index (χ2v) is 6.48. The van der Waals surface area contributed by atoms with Crippen molar-refractivity contribution in [3.63, 3.8) is 0 Å². The molecule has 1 amide bonds. The lowest BCUT2D eigenvalue weighted by molar-refractivity contribution is -0.164. The van der Waals surface area contributed by atoms with Crippen LogP contribution in [0.1, 0.15) is 24.0 Å². The van der Waals surface area contributed by atoms with E-state index in [-0.39, 0.29) is 37.7 Å². The fraction of sp³-hybridized carbons (Fsp3) is 0.500. The lowest BCUT2D eigenvalue weighted by atomic mass is 9.62. The van der Waals surface area contributed by atoms with Crippen LogP contribution < -0.4 is 0 Å². The molecule has 5 nitrogen and oxygen atoms in total. The minimum Gasteiger partial charge on any atom is -0.481 e. The molecule has 0 atom stereocenters. The number of carbonyl (C=O) groups excluding carboxylic acids is 1. The van der Waals surface area contributed by atoms with Gasteiger partial charge in [0.1, 0.15) is 11.4 Å². The highest BCUT2D eigenvalue weighted by Crippen LogP contribution is 2.58. The highest BCUT2D eigenvalue weighted by Gasteiger charge is 2.70. The zero-order valence-corrected chi connectivity index (χ0v) is 12.6. The lowest BCUT2D eigenvalue weighted by Crippen LogP contribution is -2.57. The van der Waals surface area contributed by atoms with Gasteiger partial charge in [-0.2, -0.15) is 0 Å². The minimum atomic E-state index is -1.03. The molecule has 3 aliphatic rings. The van der Waals surface area contributed by atoms with Crippen molar-refractivity contribution < 1.29 is 23.8 Å². The Kier molecular flexibility index (Phi) is 3.25. The summed E-state index contributed by atoms with van der Waals surface area (Å²) in [5.41, 5.74) is -0.589. The zero-order valence-electron chi connectivity index (χ0n) is 12.6. The SMILES string of the molecule is Cc1ccc(F)c(CN(C)C(=O)C23CC(C(=O)O)(CO2)C3)c1. The summed E-state index contributed by atoms with van der Waals surface area (Å²) >= 11 is 0. The van der Waals surface area contributed by atoms with Gasteiger partial charge in [-0.3, -0.25) is 9.59 Å². The summed E-state index contributed by atoms with van der Waals surface area (Å²) in [6, 6.07) is 4.76. The highest BCUT2D eigenvalue weighted by molar-refractivity contribution is 5.92. The number of halogens is 1. The summed E-state index contributed by atoms with van der Waals surface area (Å²) < 4.78 is 19.3. The minimum absolute atomic E-state index is 0.0702. The van der Waals surface area contributed by atoms with E-state index in [4.69, 9.17) is 4.74 Å². The number of rotatable bonds is 4. The average Bonchev–Trinajstić information content (AvgIpc) is 2.99. The Hall–Kier alpha value is -1.95. The Morgan fingerprint density at radius 1 is 1.41 bits per heavy atom. The van der Waals surface area contributed by atoms with E-state index in [1.165, 1.54) is 11.0 Å². The number of carbonyl (C=O) groups is 2. The number of amides is 1. The summed E-state index contributed by atoms with van der Waals surface area (Å²) in [7, 11) is 1.58. The molecule has 2 bridgehead atoms. The Morgan fingerprint density at radius 3 is 2.68 bits per heavy atom. The number of fused-ring (bicyclic) bond motifs is 1. The topological polar surface area (TPSA) is 66.8 Å². The standard InChI is InChI=1S/C16H18FNO4/c1-10-3-4-12(17)11(5-10)6-18(2)13(19)16-7-15(8-16,9-22-16)14(20)21/h3-5H,6-9H2,1-2H3,(H,20,21). The first-order valence-corrected chi connectivity index (χ1v) is 7.16. The number of carboxylic acids is 1. The van der Waals surface area contributed by atoms with Gasteiger partial charge < -0.3 is 14.7 Å². The normalized spacial score (nSPS) is 29.0. The second-order valence-electron chi connectivity index (χ2n) is 6.48. The van der Waals surface area contributed by atoms with Crippen molar-refractivity contribution in [2.24, 2.45) is 5.41 Å². The molecule has 0 unspecified atom stereocenters. The van der Waals surface area contributed by atoms with Crippen LogP contribution in [0.3, 0.4) is 0 Å². The molecule has 2 heterocycles. The molecule has 1 N–H and O–H groups in total. The predicted octanol–water partition coefficient (Wildman–Crippen LogP) is 1.73. The van der Waals surface area contributed by atoms with E-state index in [1.807, 2.05) is 6.92 Å². The van der Waals surface area contributed by atoms with Crippen LogP contribution in [0, 0.1) is 18.2 Å². The number of aliphatic carboxylic acids is 1. The zero-order chi connectivity index (χ0) is 16.1. The van der Waals surface area contributed by atoms with Crippen LogP contribution >= 0.6 is 0 Å². The van der Waals surface area contributed by atoms with Gasteiger partial charge in [0.15, 0.2) is 0 Å². The third kappa shape index (κ3) is 2.09. The van der Waals surface area contributed by atoms with Gasteiger partial charge in [-0.25, -0.2) is 4.39 Å². The summed E-state index contributed by atoms with van der Waals surface area (Å²) in [6.07, 6.45) is 0.406. The Balaban J connectivity index is 1.72. The van der Waals surface area contributed by atoms with E-state index >= 15 is 0 Å². The van der Waals surface area contributed by atoms with Gasteiger partial charge in [0.2, 0.25) is 0 Å². The van der Waals surface area contributed by atoms with Crippen molar-refractivity contribution in [3.8, 4) is 0 Å². The van der Waals surface area contributed by atoms with Crippen LogP contribution in [0.25, 0.3) is 0 Å². The Labute approximate surface area is 127 Å². The van der Waals surface area contributed by atoms with Crippen LogP contribution in [0.5, 0.6) is 0 Å². The molecule has 2 saturated heterocycles. The first-order valence-electron chi connectivity index (χ1n) is 7.16. The third-order valence-corrected chi connectivity index (χ3v) is 4.67. The lowest BCUT2D eigenvalue weighted by Gasteiger charge is -2.42. The van der Waals surface area contributed by atoms with E-state index in [0.29, 0.717) is 5.56 Å². The molecule has 0 radical (unpaired) electrons. The summed E-state index contributed by atoms with van der Waals surface area (Å²) in [6.45, 7) is 2.06. The van der Waals surface area contributed by atoms with Gasteiger partial charge in [-0.15, -0.1) is 0 Å². The van der Waals surface area contributed by atoms with Crippen LogP contribution in [-0.4, -0.2) is 41.1 Å². The number of hydrogen-bond acceptors (Lipinski definition) is 3. The van der Waals surface area contributed by atoms with Gasteiger partial charge in [0.05, 0.1) is 12.0 Å². The summed E-state index contributed by atoms with van der Waals surface area (Å²) in [5.74, 6) is -1.55. The van der Waals surface area contributed by atoms with E-state index < -0.39 is 17.0 Å². The molecule has 1 aromatic rings. The fourth-order valence-corrected chi connectivity index (χ4v) is 3.45. The quantitative estimate of drug-likeness (QED) is 0.920. The number of carboxylic acid groups (broad SMARTS) is 1. The summed E-state index contributed by atoms with van der Waals surface area (Å²) in [4.78, 5) is 25.2. The van der Waals surface area contributed by atoms with Crippen molar-refractivity contribution in [2.75, 3.05) is 13.7 Å². The molecule has 3 fully saturated rings. The molecule has 6 heteroatoms. The van der Waals surface area contributed by atoms with Crippen molar-refractivity contribution >= 4 is 11.9 Å². The molecule has 0 spiro atoms. The molecular formula is C16H18FNO4. The third-order valence-electron chi connectivity index (χ3n) is 4.67. The number of benzene rings is 1. The van der Waals surface area contributed by atoms with Gasteiger partial charge in [-0.1, -0.05) is 17.7 Å². The molecule has 22 heavy (non-hydrogen) atoms. The van der Waals surface area contributed by atoms with Crippen LogP contribution in [0.15, 0.2) is 18.2 Å². The molecule has 0 aromatic heterocycles. The molecule has 4 rings (SSSR count). The van der Waals surface area contributed by atoms with Gasteiger partial charge in [0, 0.05) is 32.0 Å². The first kappa shape index (κ1) is 15.0. The number of aryl methyl sites for hydroxylation is 1. The molecule has 1 saturated carbocycles. The predicted molar refractivity (Wildman–Crippen MR) is 75.6 cm³/mol. The van der Waals surface area contributed by atoms with Crippen LogP contribution in [-0.2, 0) is 20.9 Å². The van der Waals surface area contributed by atoms with Gasteiger partial charge in [0.25, 0.3) is 5.91 Å². The van der Waals surface area contributed by atoms with Crippen LogP contribution in [0.2, 0.25) is 0 Å². The molecule has 2 aliphatic heterocycles. The number of nitrogens with zero attached hydrogens (tertiary/aromatic N) is 1. The van der Waals surface area contributed by atoms with E-state index in [0.717, 1.165) is 5.56 Å². The first-order chi connectivity index (χ1) is 10.3. The van der Waals surface area contributed by atoms with Crippen molar-refractivity contribution in [1.82, 2.24) is 4.90 Å². The molecular weight excluding hydrogens is 289 g/mol. The molecule has 118 valence electrons. The highest BCUT2D eigenvalue weighted by atomic mass is 19.1. The second kappa shape index (κ2) is 4.78. The average molecular weight is 307 g/mol. The Morgan fingerprint density at radius 2 is 2.09 bits per heavy atom. The van der Waals surface area contributed by atoms with Gasteiger partial charge >= 0.3 is 5.97 Å². The Bertz CT molecular complexity index is 652. The van der Waals surface area contributed by atoms with E-state index in [9.17, 15) is 19.1 Å². The van der Waals surface area contributed by atoms with Gasteiger partial charge in [-0.05, 0) is 13.0 Å². The molecule has 1 aromatic carbocycles. The number of hydrogen-bond donors (Lipinski definition) is 1.